The van der Waals surface area contributed by atoms with Crippen molar-refractivity contribution < 1.29 is 8.42 Å². The normalized spacial score (nSPS) is 24.7. The number of halogens is 1. The summed E-state index contributed by atoms with van der Waals surface area (Å²) in [6, 6.07) is 5.72. The Morgan fingerprint density at radius 1 is 1.18 bits per heavy atom. The largest absolute Gasteiger partial charge is 0.314 e. The van der Waals surface area contributed by atoms with Gasteiger partial charge in [-0.25, -0.2) is 8.42 Å². The van der Waals surface area contributed by atoms with Gasteiger partial charge in [0, 0.05) is 49.8 Å². The van der Waals surface area contributed by atoms with E-state index in [0.29, 0.717) is 24.0 Å². The summed E-state index contributed by atoms with van der Waals surface area (Å²) in [7, 11) is -3.39. The van der Waals surface area contributed by atoms with E-state index in [-0.39, 0.29) is 0 Å². The van der Waals surface area contributed by atoms with Crippen LogP contribution in [0.2, 0.25) is 0 Å². The Kier molecular flexibility index (Phi) is 4.89. The zero-order chi connectivity index (χ0) is 15.7. The molecule has 7 heteroatoms. The first kappa shape index (κ1) is 16.4. The molecule has 1 unspecified atom stereocenters. The molecule has 0 bridgehead atoms. The maximum Gasteiger partial charge on any atom is 0.243 e. The molecular formula is C15H22BrN3O2S. The van der Waals surface area contributed by atoms with Crippen LogP contribution in [0.5, 0.6) is 0 Å². The van der Waals surface area contributed by atoms with E-state index in [1.54, 1.807) is 16.4 Å². The van der Waals surface area contributed by atoms with E-state index in [1.807, 2.05) is 13.0 Å². The summed E-state index contributed by atoms with van der Waals surface area (Å²) in [6.07, 6.45) is 0.923. The fourth-order valence-electron chi connectivity index (χ4n) is 3.28. The second-order valence-electron chi connectivity index (χ2n) is 6.06. The predicted molar refractivity (Wildman–Crippen MR) is 90.5 cm³/mol. The van der Waals surface area contributed by atoms with E-state index < -0.39 is 10.0 Å². The summed E-state index contributed by atoms with van der Waals surface area (Å²) in [5.41, 5.74) is 0.950. The molecule has 0 radical (unpaired) electrons. The molecular weight excluding hydrogens is 366 g/mol. The van der Waals surface area contributed by atoms with Crippen LogP contribution in [0.3, 0.4) is 0 Å². The molecule has 0 saturated carbocycles. The third-order valence-corrected chi connectivity index (χ3v) is 6.75. The minimum Gasteiger partial charge on any atom is -0.314 e. The Labute approximate surface area is 140 Å². The number of hydrogen-bond acceptors (Lipinski definition) is 4. The van der Waals surface area contributed by atoms with Crippen molar-refractivity contribution in [2.24, 2.45) is 0 Å². The summed E-state index contributed by atoms with van der Waals surface area (Å²) in [4.78, 5) is 2.80. The smallest absolute Gasteiger partial charge is 0.243 e. The molecule has 2 fully saturated rings. The molecule has 3 rings (SSSR count). The molecule has 0 spiro atoms. The third kappa shape index (κ3) is 3.38. The predicted octanol–water partition coefficient (Wildman–Crippen LogP) is 1.43. The topological polar surface area (TPSA) is 52.7 Å². The first-order valence-electron chi connectivity index (χ1n) is 7.69. The Morgan fingerprint density at radius 3 is 2.59 bits per heavy atom. The minimum atomic E-state index is -3.39. The lowest BCUT2D eigenvalue weighted by Crippen LogP contribution is -2.49. The van der Waals surface area contributed by atoms with E-state index in [0.717, 1.165) is 42.6 Å². The molecule has 1 N–H and O–H groups in total. The molecule has 1 aromatic carbocycles. The Balaban J connectivity index is 1.76. The van der Waals surface area contributed by atoms with Crippen LogP contribution in [0.25, 0.3) is 0 Å². The summed E-state index contributed by atoms with van der Waals surface area (Å²) in [6.45, 7) is 7.14. The maximum atomic E-state index is 12.8. The van der Waals surface area contributed by atoms with E-state index in [4.69, 9.17) is 0 Å². The Hall–Kier alpha value is -0.470. The van der Waals surface area contributed by atoms with Gasteiger partial charge in [-0.05, 0) is 37.1 Å². The molecule has 1 atom stereocenters. The van der Waals surface area contributed by atoms with E-state index >= 15 is 0 Å². The van der Waals surface area contributed by atoms with Gasteiger partial charge in [0.15, 0.2) is 0 Å². The number of piperazine rings is 1. The van der Waals surface area contributed by atoms with Gasteiger partial charge in [0.1, 0.15) is 0 Å². The van der Waals surface area contributed by atoms with E-state index in [1.165, 1.54) is 0 Å². The third-order valence-electron chi connectivity index (χ3n) is 4.45. The number of benzene rings is 1. The number of sulfonamides is 1. The highest BCUT2D eigenvalue weighted by Crippen LogP contribution is 2.26. The van der Waals surface area contributed by atoms with Crippen molar-refractivity contribution in [2.45, 2.75) is 24.3 Å². The molecule has 122 valence electrons. The average molecular weight is 388 g/mol. The van der Waals surface area contributed by atoms with Gasteiger partial charge in [0.2, 0.25) is 10.0 Å². The molecule has 5 nitrogen and oxygen atoms in total. The molecule has 2 aliphatic heterocycles. The number of nitrogens with one attached hydrogen (secondary N) is 1. The number of aryl methyl sites for hydroxylation is 1. The van der Waals surface area contributed by atoms with Crippen LogP contribution in [0.15, 0.2) is 27.6 Å². The van der Waals surface area contributed by atoms with Crippen LogP contribution in [0, 0.1) is 6.92 Å². The first-order chi connectivity index (χ1) is 10.5. The highest BCUT2D eigenvalue weighted by Gasteiger charge is 2.35. The molecule has 0 aliphatic carbocycles. The van der Waals surface area contributed by atoms with Crippen LogP contribution in [0.4, 0.5) is 0 Å². The van der Waals surface area contributed by atoms with Crippen molar-refractivity contribution in [1.29, 1.82) is 0 Å². The van der Waals surface area contributed by atoms with Crippen molar-refractivity contribution in [3.05, 3.63) is 28.2 Å². The highest BCUT2D eigenvalue weighted by molar-refractivity contribution is 9.10. The zero-order valence-electron chi connectivity index (χ0n) is 12.8. The second-order valence-corrected chi connectivity index (χ2v) is 8.91. The van der Waals surface area contributed by atoms with E-state index in [2.05, 4.69) is 26.1 Å². The first-order valence-corrected chi connectivity index (χ1v) is 9.92. The molecule has 2 aliphatic rings. The van der Waals surface area contributed by atoms with Gasteiger partial charge in [-0.2, -0.15) is 4.31 Å². The molecule has 0 amide bonds. The van der Waals surface area contributed by atoms with Gasteiger partial charge in [-0.15, -0.1) is 0 Å². The average Bonchev–Trinajstić information content (AvgIpc) is 2.98. The molecule has 2 heterocycles. The van der Waals surface area contributed by atoms with Crippen molar-refractivity contribution in [3.8, 4) is 0 Å². The van der Waals surface area contributed by atoms with Gasteiger partial charge < -0.3 is 5.32 Å². The lowest BCUT2D eigenvalue weighted by molar-refractivity contribution is 0.179. The van der Waals surface area contributed by atoms with Gasteiger partial charge in [-0.1, -0.05) is 15.9 Å². The molecule has 2 saturated heterocycles. The monoisotopic (exact) mass is 387 g/mol. The SMILES string of the molecule is Cc1cc(Br)cc(S(=O)(=O)N2CCC(N3CCNCC3)C2)c1. The zero-order valence-corrected chi connectivity index (χ0v) is 15.2. The van der Waals surface area contributed by atoms with Crippen LogP contribution in [-0.4, -0.2) is 62.9 Å². The fraction of sp³-hybridized carbons (Fsp3) is 0.600. The van der Waals surface area contributed by atoms with Crippen molar-refractivity contribution in [1.82, 2.24) is 14.5 Å². The molecule has 22 heavy (non-hydrogen) atoms. The van der Waals surface area contributed by atoms with Crippen molar-refractivity contribution in [3.63, 3.8) is 0 Å². The van der Waals surface area contributed by atoms with Crippen LogP contribution in [-0.2, 0) is 10.0 Å². The van der Waals surface area contributed by atoms with Gasteiger partial charge in [-0.3, -0.25) is 4.90 Å². The lowest BCUT2D eigenvalue weighted by atomic mass is 10.2. The van der Waals surface area contributed by atoms with E-state index in [9.17, 15) is 8.42 Å². The summed E-state index contributed by atoms with van der Waals surface area (Å²) < 4.78 is 28.1. The van der Waals surface area contributed by atoms with Gasteiger partial charge in [0.05, 0.1) is 4.90 Å². The standard InChI is InChI=1S/C15H22BrN3O2S/c1-12-8-13(16)10-15(9-12)22(20,21)19-5-2-14(11-19)18-6-3-17-4-7-18/h8-10,14,17H,2-7,11H2,1H3. The summed E-state index contributed by atoms with van der Waals surface area (Å²) in [5, 5.41) is 3.34. The van der Waals surface area contributed by atoms with Gasteiger partial charge >= 0.3 is 0 Å². The van der Waals surface area contributed by atoms with Gasteiger partial charge in [0.25, 0.3) is 0 Å². The number of rotatable bonds is 3. The highest BCUT2D eigenvalue weighted by atomic mass is 79.9. The quantitative estimate of drug-likeness (QED) is 0.851. The Bertz CT molecular complexity index is 624. The second kappa shape index (κ2) is 6.57. The van der Waals surface area contributed by atoms with Crippen LogP contribution >= 0.6 is 15.9 Å². The molecule has 1 aromatic rings. The number of nitrogens with zero attached hydrogens (tertiary/aromatic N) is 2. The molecule has 0 aromatic heterocycles. The van der Waals surface area contributed by atoms with Crippen molar-refractivity contribution in [2.75, 3.05) is 39.3 Å². The van der Waals surface area contributed by atoms with Crippen LogP contribution < -0.4 is 5.32 Å². The Morgan fingerprint density at radius 2 is 1.91 bits per heavy atom. The summed E-state index contributed by atoms with van der Waals surface area (Å²) in [5.74, 6) is 0. The summed E-state index contributed by atoms with van der Waals surface area (Å²) >= 11 is 3.39. The lowest BCUT2D eigenvalue weighted by Gasteiger charge is -2.32. The van der Waals surface area contributed by atoms with Crippen molar-refractivity contribution >= 4 is 26.0 Å². The maximum absolute atomic E-state index is 12.8. The number of hydrogen-bond donors (Lipinski definition) is 1. The van der Waals surface area contributed by atoms with Crippen LogP contribution in [0.1, 0.15) is 12.0 Å². The minimum absolute atomic E-state index is 0.352. The fourth-order valence-corrected chi connectivity index (χ4v) is 5.66.